The number of carboxylic acids is 1. The van der Waals surface area contributed by atoms with Crippen LogP contribution in [0.3, 0.4) is 0 Å². The first-order valence-corrected chi connectivity index (χ1v) is 5.91. The van der Waals surface area contributed by atoms with E-state index in [0.717, 1.165) is 24.3 Å². The van der Waals surface area contributed by atoms with Crippen LogP contribution in [0.2, 0.25) is 0 Å². The van der Waals surface area contributed by atoms with Crippen LogP contribution < -0.4 is 4.90 Å². The van der Waals surface area contributed by atoms with Crippen LogP contribution in [-0.2, 0) is 4.79 Å². The monoisotopic (exact) mass is 242 g/mol. The number of hydrogen-bond acceptors (Lipinski definition) is 3. The van der Waals surface area contributed by atoms with Gasteiger partial charge in [-0.25, -0.2) is 4.79 Å². The molecule has 0 atom stereocenters. The predicted molar refractivity (Wildman–Crippen MR) is 69.1 cm³/mol. The Morgan fingerprint density at radius 1 is 1.28 bits per heavy atom. The summed E-state index contributed by atoms with van der Waals surface area (Å²) < 4.78 is 0. The number of aliphatic carboxylic acids is 1. The fourth-order valence-electron chi connectivity index (χ4n) is 2.07. The van der Waals surface area contributed by atoms with E-state index in [-0.39, 0.29) is 5.57 Å². The summed E-state index contributed by atoms with van der Waals surface area (Å²) in [6.07, 6.45) is 3.83. The number of rotatable bonds is 3. The highest BCUT2D eigenvalue weighted by atomic mass is 16.4. The van der Waals surface area contributed by atoms with E-state index in [9.17, 15) is 4.79 Å². The Kier molecular flexibility index (Phi) is 3.63. The van der Waals surface area contributed by atoms with Crippen LogP contribution in [0.4, 0.5) is 5.69 Å². The molecule has 0 radical (unpaired) electrons. The minimum absolute atomic E-state index is 0.246. The molecular weight excluding hydrogens is 228 g/mol. The summed E-state index contributed by atoms with van der Waals surface area (Å²) >= 11 is 0. The summed E-state index contributed by atoms with van der Waals surface area (Å²) in [7, 11) is 0. The van der Waals surface area contributed by atoms with E-state index in [1.54, 1.807) is 6.07 Å². The topological polar surface area (TPSA) is 64.3 Å². The number of carbonyl (C=O) groups is 1. The van der Waals surface area contributed by atoms with E-state index in [1.807, 2.05) is 24.3 Å². The van der Waals surface area contributed by atoms with E-state index in [4.69, 9.17) is 10.4 Å². The number of nitriles is 1. The molecule has 4 nitrogen and oxygen atoms in total. The van der Waals surface area contributed by atoms with Gasteiger partial charge in [-0.1, -0.05) is 12.1 Å². The first-order valence-electron chi connectivity index (χ1n) is 5.91. The average Bonchev–Trinajstić information content (AvgIpc) is 2.90. The van der Waals surface area contributed by atoms with E-state index < -0.39 is 5.97 Å². The van der Waals surface area contributed by atoms with Crippen molar-refractivity contribution in [2.24, 2.45) is 0 Å². The van der Waals surface area contributed by atoms with Gasteiger partial charge in [0.1, 0.15) is 11.6 Å². The minimum atomic E-state index is -1.19. The van der Waals surface area contributed by atoms with Crippen LogP contribution in [0.5, 0.6) is 0 Å². The SMILES string of the molecule is N#C/C(=C\c1ccc(N2CCCC2)cc1)C(=O)O. The molecule has 2 rings (SSSR count). The molecule has 1 aromatic rings. The minimum Gasteiger partial charge on any atom is -0.477 e. The lowest BCUT2D eigenvalue weighted by molar-refractivity contribution is -0.132. The third kappa shape index (κ3) is 2.69. The molecule has 0 spiro atoms. The van der Waals surface area contributed by atoms with Gasteiger partial charge in [0.05, 0.1) is 0 Å². The van der Waals surface area contributed by atoms with Gasteiger partial charge in [0.25, 0.3) is 0 Å². The van der Waals surface area contributed by atoms with Crippen LogP contribution >= 0.6 is 0 Å². The average molecular weight is 242 g/mol. The van der Waals surface area contributed by atoms with Crippen LogP contribution in [0.15, 0.2) is 29.8 Å². The summed E-state index contributed by atoms with van der Waals surface area (Å²) in [6.45, 7) is 2.15. The third-order valence-corrected chi connectivity index (χ3v) is 3.03. The van der Waals surface area contributed by atoms with E-state index in [1.165, 1.54) is 18.9 Å². The zero-order valence-corrected chi connectivity index (χ0v) is 9.97. The molecule has 0 unspecified atom stereocenters. The highest BCUT2D eigenvalue weighted by molar-refractivity contribution is 5.96. The summed E-state index contributed by atoms with van der Waals surface area (Å²) in [4.78, 5) is 13.0. The van der Waals surface area contributed by atoms with E-state index in [0.29, 0.717) is 0 Å². The number of carboxylic acid groups (broad SMARTS) is 1. The van der Waals surface area contributed by atoms with Gasteiger partial charge in [-0.15, -0.1) is 0 Å². The quantitative estimate of drug-likeness (QED) is 0.652. The molecule has 92 valence electrons. The molecule has 1 N–H and O–H groups in total. The van der Waals surface area contributed by atoms with Crippen molar-refractivity contribution in [3.63, 3.8) is 0 Å². The molecule has 1 heterocycles. The van der Waals surface area contributed by atoms with Crippen LogP contribution in [-0.4, -0.2) is 24.2 Å². The van der Waals surface area contributed by atoms with Gasteiger partial charge in [0, 0.05) is 18.8 Å². The Bertz CT molecular complexity index is 506. The lowest BCUT2D eigenvalue weighted by Crippen LogP contribution is -2.17. The molecule has 0 saturated carbocycles. The fraction of sp³-hybridized carbons (Fsp3) is 0.286. The second kappa shape index (κ2) is 5.37. The number of anilines is 1. The lowest BCUT2D eigenvalue weighted by atomic mass is 10.1. The summed E-state index contributed by atoms with van der Waals surface area (Å²) in [6, 6.07) is 9.29. The second-order valence-electron chi connectivity index (χ2n) is 4.26. The smallest absolute Gasteiger partial charge is 0.346 e. The summed E-state index contributed by atoms with van der Waals surface area (Å²) in [5.41, 5.74) is 1.64. The molecule has 18 heavy (non-hydrogen) atoms. The Balaban J connectivity index is 2.17. The van der Waals surface area contributed by atoms with Gasteiger partial charge in [-0.3, -0.25) is 0 Å². The predicted octanol–water partition coefficient (Wildman–Crippen LogP) is 2.28. The highest BCUT2D eigenvalue weighted by Crippen LogP contribution is 2.21. The standard InChI is InChI=1S/C14H14N2O2/c15-10-12(14(17)18)9-11-3-5-13(6-4-11)16-7-1-2-8-16/h3-6,9H,1-2,7-8H2,(H,17,18)/b12-9+. The van der Waals surface area contributed by atoms with E-state index >= 15 is 0 Å². The second-order valence-corrected chi connectivity index (χ2v) is 4.26. The zero-order valence-electron chi connectivity index (χ0n) is 9.97. The Hall–Kier alpha value is -2.28. The van der Waals surface area contributed by atoms with Crippen molar-refractivity contribution in [2.45, 2.75) is 12.8 Å². The molecular formula is C14H14N2O2. The maximum Gasteiger partial charge on any atom is 0.346 e. The molecule has 1 saturated heterocycles. The molecule has 1 fully saturated rings. The number of benzene rings is 1. The Morgan fingerprint density at radius 3 is 2.39 bits per heavy atom. The van der Waals surface area contributed by atoms with Crippen LogP contribution in [0, 0.1) is 11.3 Å². The van der Waals surface area contributed by atoms with Gasteiger partial charge in [-0.05, 0) is 36.6 Å². The van der Waals surface area contributed by atoms with Crippen LogP contribution in [0.1, 0.15) is 18.4 Å². The molecule has 1 aliphatic rings. The molecule has 0 aliphatic carbocycles. The van der Waals surface area contributed by atoms with Gasteiger partial charge in [0.2, 0.25) is 0 Å². The van der Waals surface area contributed by atoms with Crippen molar-refractivity contribution in [3.05, 3.63) is 35.4 Å². The largest absolute Gasteiger partial charge is 0.477 e. The molecule has 0 amide bonds. The maximum atomic E-state index is 10.7. The van der Waals surface area contributed by atoms with Gasteiger partial charge in [-0.2, -0.15) is 5.26 Å². The first kappa shape index (κ1) is 12.2. The molecule has 1 aliphatic heterocycles. The van der Waals surface area contributed by atoms with Crippen molar-refractivity contribution in [1.29, 1.82) is 5.26 Å². The van der Waals surface area contributed by atoms with Crippen molar-refractivity contribution in [2.75, 3.05) is 18.0 Å². The normalized spacial score (nSPS) is 15.5. The van der Waals surface area contributed by atoms with Crippen molar-refractivity contribution >= 4 is 17.7 Å². The fourth-order valence-corrected chi connectivity index (χ4v) is 2.07. The Morgan fingerprint density at radius 2 is 1.89 bits per heavy atom. The zero-order chi connectivity index (χ0) is 13.0. The number of hydrogen-bond donors (Lipinski definition) is 1. The van der Waals surface area contributed by atoms with Gasteiger partial charge in [0.15, 0.2) is 0 Å². The van der Waals surface area contributed by atoms with Gasteiger partial charge < -0.3 is 10.0 Å². The van der Waals surface area contributed by atoms with Crippen LogP contribution in [0.25, 0.3) is 6.08 Å². The third-order valence-electron chi connectivity index (χ3n) is 3.03. The molecule has 0 bridgehead atoms. The van der Waals surface area contributed by atoms with E-state index in [2.05, 4.69) is 4.90 Å². The lowest BCUT2D eigenvalue weighted by Gasteiger charge is -2.17. The van der Waals surface area contributed by atoms with Crippen molar-refractivity contribution < 1.29 is 9.90 Å². The van der Waals surface area contributed by atoms with Crippen molar-refractivity contribution in [3.8, 4) is 6.07 Å². The number of nitrogens with zero attached hydrogens (tertiary/aromatic N) is 2. The summed E-state index contributed by atoms with van der Waals surface area (Å²) in [5, 5.41) is 17.4. The molecule has 4 heteroatoms. The first-order chi connectivity index (χ1) is 8.70. The maximum absolute atomic E-state index is 10.7. The Labute approximate surface area is 106 Å². The molecule has 0 aromatic heterocycles. The van der Waals surface area contributed by atoms with Gasteiger partial charge >= 0.3 is 5.97 Å². The summed E-state index contributed by atoms with van der Waals surface area (Å²) in [5.74, 6) is -1.19. The highest BCUT2D eigenvalue weighted by Gasteiger charge is 2.12. The van der Waals surface area contributed by atoms with Crippen molar-refractivity contribution in [1.82, 2.24) is 0 Å². The molecule has 1 aromatic carbocycles.